The van der Waals surface area contributed by atoms with Gasteiger partial charge in [-0.25, -0.2) is 8.78 Å². The van der Waals surface area contributed by atoms with Gasteiger partial charge in [0.15, 0.2) is 0 Å². The highest BCUT2D eigenvalue weighted by molar-refractivity contribution is 5.72. The van der Waals surface area contributed by atoms with Crippen molar-refractivity contribution in [2.45, 2.75) is 32.2 Å². The lowest BCUT2D eigenvalue weighted by Gasteiger charge is -2.31. The quantitative estimate of drug-likeness (QED) is 0.907. The summed E-state index contributed by atoms with van der Waals surface area (Å²) >= 11 is 0. The number of carbonyl (C=O) groups is 1. The molecular formula is C15H19F2NO2. The molecule has 0 unspecified atom stereocenters. The van der Waals surface area contributed by atoms with Gasteiger partial charge in [0.05, 0.1) is 5.92 Å². The Labute approximate surface area is 117 Å². The number of benzene rings is 1. The van der Waals surface area contributed by atoms with Gasteiger partial charge in [-0.15, -0.1) is 0 Å². The number of aliphatic carboxylic acids is 1. The van der Waals surface area contributed by atoms with Crippen molar-refractivity contribution in [3.63, 3.8) is 0 Å². The van der Waals surface area contributed by atoms with Crippen molar-refractivity contribution in [3.8, 4) is 0 Å². The molecule has 0 amide bonds. The van der Waals surface area contributed by atoms with E-state index >= 15 is 0 Å². The van der Waals surface area contributed by atoms with Crippen LogP contribution in [-0.2, 0) is 4.79 Å². The number of hydrogen-bond donors (Lipinski definition) is 1. The number of nitrogens with zero attached hydrogens (tertiary/aromatic N) is 1. The van der Waals surface area contributed by atoms with Gasteiger partial charge in [0.25, 0.3) is 0 Å². The van der Waals surface area contributed by atoms with Crippen LogP contribution >= 0.6 is 0 Å². The molecule has 1 heterocycles. The van der Waals surface area contributed by atoms with E-state index in [0.717, 1.165) is 6.07 Å². The molecule has 20 heavy (non-hydrogen) atoms. The van der Waals surface area contributed by atoms with E-state index in [0.29, 0.717) is 13.1 Å². The first-order valence-electron chi connectivity index (χ1n) is 6.63. The lowest BCUT2D eigenvalue weighted by molar-refractivity contribution is -0.141. The monoisotopic (exact) mass is 283 g/mol. The summed E-state index contributed by atoms with van der Waals surface area (Å²) in [5.41, 5.74) is 0.101. The highest BCUT2D eigenvalue weighted by atomic mass is 19.1. The van der Waals surface area contributed by atoms with Crippen LogP contribution in [0.15, 0.2) is 18.2 Å². The highest BCUT2D eigenvalue weighted by Crippen LogP contribution is 2.37. The predicted octanol–water partition coefficient (Wildman–Crippen LogP) is 2.86. The number of rotatable bonds is 2. The smallest absolute Gasteiger partial charge is 0.308 e. The fourth-order valence-electron chi connectivity index (χ4n) is 2.72. The second-order valence-corrected chi connectivity index (χ2v) is 6.29. The SMILES string of the molecule is CC(C)(C)N1C[C@H](C(=O)O)[C@H](c2ccc(F)cc2F)C1. The molecule has 1 aliphatic heterocycles. The molecule has 0 aliphatic carbocycles. The molecule has 2 atom stereocenters. The van der Waals surface area contributed by atoms with Crippen molar-refractivity contribution in [1.29, 1.82) is 0 Å². The third-order valence-corrected chi connectivity index (χ3v) is 3.95. The maximum absolute atomic E-state index is 13.9. The zero-order valence-electron chi connectivity index (χ0n) is 11.9. The Morgan fingerprint density at radius 2 is 1.95 bits per heavy atom. The fraction of sp³-hybridized carbons (Fsp3) is 0.533. The van der Waals surface area contributed by atoms with Gasteiger partial charge in [0.2, 0.25) is 0 Å². The van der Waals surface area contributed by atoms with Gasteiger partial charge in [-0.1, -0.05) is 6.07 Å². The molecule has 2 rings (SSSR count). The second kappa shape index (κ2) is 5.13. The summed E-state index contributed by atoms with van der Waals surface area (Å²) in [6, 6.07) is 3.35. The molecule has 1 saturated heterocycles. The largest absolute Gasteiger partial charge is 0.481 e. The third-order valence-electron chi connectivity index (χ3n) is 3.95. The van der Waals surface area contributed by atoms with Gasteiger partial charge >= 0.3 is 5.97 Å². The Bertz CT molecular complexity index is 525. The van der Waals surface area contributed by atoms with Gasteiger partial charge in [-0.2, -0.15) is 0 Å². The first-order valence-corrected chi connectivity index (χ1v) is 6.63. The molecule has 1 aliphatic rings. The van der Waals surface area contributed by atoms with Crippen LogP contribution in [-0.4, -0.2) is 34.6 Å². The Balaban J connectivity index is 2.35. The van der Waals surface area contributed by atoms with Gasteiger partial charge in [0, 0.05) is 30.6 Å². The zero-order valence-corrected chi connectivity index (χ0v) is 11.9. The highest BCUT2D eigenvalue weighted by Gasteiger charge is 2.42. The minimum atomic E-state index is -0.939. The number of halogens is 2. The van der Waals surface area contributed by atoms with Crippen LogP contribution in [0.5, 0.6) is 0 Å². The van der Waals surface area contributed by atoms with Crippen molar-refractivity contribution < 1.29 is 18.7 Å². The first kappa shape index (κ1) is 14.9. The Morgan fingerprint density at radius 3 is 2.45 bits per heavy atom. The molecule has 0 spiro atoms. The average Bonchev–Trinajstić information content (AvgIpc) is 2.73. The van der Waals surface area contributed by atoms with Crippen molar-refractivity contribution in [3.05, 3.63) is 35.4 Å². The molecule has 1 N–H and O–H groups in total. The van der Waals surface area contributed by atoms with Gasteiger partial charge < -0.3 is 5.11 Å². The maximum Gasteiger partial charge on any atom is 0.308 e. The van der Waals surface area contributed by atoms with E-state index in [4.69, 9.17) is 0 Å². The van der Waals surface area contributed by atoms with E-state index in [1.165, 1.54) is 12.1 Å². The second-order valence-electron chi connectivity index (χ2n) is 6.29. The van der Waals surface area contributed by atoms with Crippen LogP contribution in [0.25, 0.3) is 0 Å². The van der Waals surface area contributed by atoms with E-state index in [2.05, 4.69) is 0 Å². The summed E-state index contributed by atoms with van der Waals surface area (Å²) in [6.07, 6.45) is 0. The first-order chi connectivity index (χ1) is 9.20. The molecule has 1 fully saturated rings. The molecule has 0 saturated carbocycles. The average molecular weight is 283 g/mol. The molecule has 0 radical (unpaired) electrons. The molecule has 110 valence electrons. The van der Waals surface area contributed by atoms with E-state index in [-0.39, 0.29) is 11.1 Å². The summed E-state index contributed by atoms with van der Waals surface area (Å²) in [6.45, 7) is 6.82. The van der Waals surface area contributed by atoms with Gasteiger partial charge in [0.1, 0.15) is 11.6 Å². The van der Waals surface area contributed by atoms with Crippen LogP contribution in [0.1, 0.15) is 32.3 Å². The molecule has 0 aromatic heterocycles. The number of carboxylic acids is 1. The minimum absolute atomic E-state index is 0.182. The predicted molar refractivity (Wildman–Crippen MR) is 71.6 cm³/mol. The van der Waals surface area contributed by atoms with Crippen molar-refractivity contribution in [1.82, 2.24) is 4.90 Å². The topological polar surface area (TPSA) is 40.5 Å². The molecule has 3 nitrogen and oxygen atoms in total. The van der Waals surface area contributed by atoms with E-state index < -0.39 is 29.4 Å². The Morgan fingerprint density at radius 1 is 1.30 bits per heavy atom. The van der Waals surface area contributed by atoms with E-state index in [9.17, 15) is 18.7 Å². The number of carboxylic acid groups (broad SMARTS) is 1. The normalized spacial score (nSPS) is 24.1. The van der Waals surface area contributed by atoms with E-state index in [1.54, 1.807) is 0 Å². The molecule has 1 aromatic rings. The molecule has 5 heteroatoms. The third kappa shape index (κ3) is 2.82. The molecular weight excluding hydrogens is 264 g/mol. The molecule has 0 bridgehead atoms. The maximum atomic E-state index is 13.9. The van der Waals surface area contributed by atoms with Crippen molar-refractivity contribution in [2.24, 2.45) is 5.92 Å². The standard InChI is InChI=1S/C15H19F2NO2/c1-15(2,3)18-7-11(12(8-18)14(19)20)10-5-4-9(16)6-13(10)17/h4-6,11-12H,7-8H2,1-3H3,(H,19,20)/t11-,12-/m0/s1. The van der Waals surface area contributed by atoms with Crippen LogP contribution in [0.2, 0.25) is 0 Å². The van der Waals surface area contributed by atoms with Crippen LogP contribution in [0.4, 0.5) is 8.78 Å². The summed E-state index contributed by atoms with van der Waals surface area (Å²) in [7, 11) is 0. The summed E-state index contributed by atoms with van der Waals surface area (Å²) < 4.78 is 26.9. The lowest BCUT2D eigenvalue weighted by atomic mass is 9.88. The minimum Gasteiger partial charge on any atom is -0.481 e. The van der Waals surface area contributed by atoms with Gasteiger partial charge in [-0.3, -0.25) is 9.69 Å². The summed E-state index contributed by atoms with van der Waals surface area (Å²) in [5.74, 6) is -3.38. The molecule has 1 aromatic carbocycles. The van der Waals surface area contributed by atoms with Crippen LogP contribution < -0.4 is 0 Å². The summed E-state index contributed by atoms with van der Waals surface area (Å²) in [4.78, 5) is 13.4. The van der Waals surface area contributed by atoms with Crippen molar-refractivity contribution >= 4 is 5.97 Å². The number of hydrogen-bond acceptors (Lipinski definition) is 2. The number of likely N-dealkylation sites (tertiary alicyclic amines) is 1. The fourth-order valence-corrected chi connectivity index (χ4v) is 2.72. The van der Waals surface area contributed by atoms with Crippen LogP contribution in [0.3, 0.4) is 0 Å². The van der Waals surface area contributed by atoms with E-state index in [1.807, 2.05) is 25.7 Å². The summed E-state index contributed by atoms with van der Waals surface area (Å²) in [5, 5.41) is 9.35. The van der Waals surface area contributed by atoms with Crippen LogP contribution in [0, 0.1) is 17.6 Å². The zero-order chi connectivity index (χ0) is 15.1. The van der Waals surface area contributed by atoms with Crippen molar-refractivity contribution in [2.75, 3.05) is 13.1 Å². The Hall–Kier alpha value is -1.49. The van der Waals surface area contributed by atoms with Gasteiger partial charge in [-0.05, 0) is 32.4 Å². The Kier molecular flexibility index (Phi) is 3.82. The lowest BCUT2D eigenvalue weighted by Crippen LogP contribution is -2.40.